The molecule has 1 aromatic rings. The van der Waals surface area contributed by atoms with Crippen LogP contribution < -0.4 is 4.74 Å². The number of hydrogen-bond acceptors (Lipinski definition) is 6. The highest BCUT2D eigenvalue weighted by atomic mass is 16.6. The molecule has 0 spiro atoms. The van der Waals surface area contributed by atoms with Gasteiger partial charge in [-0.15, -0.1) is 0 Å². The van der Waals surface area contributed by atoms with E-state index in [9.17, 15) is 20.2 Å². The maximum atomic E-state index is 12.3. The zero-order chi connectivity index (χ0) is 17.5. The van der Waals surface area contributed by atoms with Gasteiger partial charge in [-0.1, -0.05) is 6.07 Å². The van der Waals surface area contributed by atoms with Gasteiger partial charge in [0.2, 0.25) is 0 Å². The Balaban J connectivity index is 2.30. The van der Waals surface area contributed by atoms with Crippen molar-refractivity contribution >= 4 is 17.7 Å². The Morgan fingerprint density at radius 2 is 2.21 bits per heavy atom. The number of carbonyl (C=O) groups is 1. The fourth-order valence-electron chi connectivity index (χ4n) is 2.29. The van der Waals surface area contributed by atoms with Crippen LogP contribution in [0, 0.1) is 21.4 Å². The van der Waals surface area contributed by atoms with E-state index in [0.29, 0.717) is 38.5 Å². The molecule has 1 fully saturated rings. The van der Waals surface area contributed by atoms with E-state index in [4.69, 9.17) is 9.47 Å². The summed E-state index contributed by atoms with van der Waals surface area (Å²) in [7, 11) is 0. The molecular weight excluding hydrogens is 314 g/mol. The molecule has 0 bridgehead atoms. The minimum atomic E-state index is -0.557. The third-order valence-electron chi connectivity index (χ3n) is 3.44. The average molecular weight is 331 g/mol. The van der Waals surface area contributed by atoms with E-state index in [1.165, 1.54) is 23.1 Å². The van der Waals surface area contributed by atoms with Gasteiger partial charge < -0.3 is 14.4 Å². The Kier molecular flexibility index (Phi) is 5.87. The summed E-state index contributed by atoms with van der Waals surface area (Å²) in [5.41, 5.74) is 0.111. The molecule has 0 radical (unpaired) electrons. The molecule has 8 heteroatoms. The van der Waals surface area contributed by atoms with Crippen LogP contribution in [0.3, 0.4) is 0 Å². The van der Waals surface area contributed by atoms with E-state index < -0.39 is 10.8 Å². The summed E-state index contributed by atoms with van der Waals surface area (Å²) in [4.78, 5) is 24.5. The third kappa shape index (κ3) is 4.08. The number of nitro groups is 1. The molecule has 24 heavy (non-hydrogen) atoms. The molecule has 1 aliphatic rings. The molecule has 1 aliphatic heterocycles. The molecule has 1 saturated heterocycles. The molecule has 0 aliphatic carbocycles. The van der Waals surface area contributed by atoms with Crippen LogP contribution in [0.25, 0.3) is 6.08 Å². The molecule has 2 rings (SSSR count). The minimum absolute atomic E-state index is 0.0737. The highest BCUT2D eigenvalue weighted by Crippen LogP contribution is 2.29. The molecular formula is C16H17N3O5. The zero-order valence-electron chi connectivity index (χ0n) is 13.2. The first-order valence-corrected chi connectivity index (χ1v) is 7.47. The fourth-order valence-corrected chi connectivity index (χ4v) is 2.29. The summed E-state index contributed by atoms with van der Waals surface area (Å²) in [6, 6.07) is 6.18. The van der Waals surface area contributed by atoms with Crippen molar-refractivity contribution in [2.45, 2.75) is 6.92 Å². The number of ether oxygens (including phenoxy) is 2. The van der Waals surface area contributed by atoms with Crippen molar-refractivity contribution < 1.29 is 19.2 Å². The van der Waals surface area contributed by atoms with Gasteiger partial charge in [-0.05, 0) is 24.6 Å². The van der Waals surface area contributed by atoms with Crippen molar-refractivity contribution in [3.05, 3.63) is 39.4 Å². The van der Waals surface area contributed by atoms with E-state index in [1.807, 2.05) is 6.07 Å². The van der Waals surface area contributed by atoms with Crippen molar-refractivity contribution in [2.24, 2.45) is 0 Å². The van der Waals surface area contributed by atoms with Crippen molar-refractivity contribution in [1.82, 2.24) is 4.90 Å². The smallest absolute Gasteiger partial charge is 0.311 e. The van der Waals surface area contributed by atoms with E-state index in [1.54, 1.807) is 13.0 Å². The predicted molar refractivity (Wildman–Crippen MR) is 85.3 cm³/mol. The van der Waals surface area contributed by atoms with Crippen LogP contribution in [0.15, 0.2) is 23.8 Å². The predicted octanol–water partition coefficient (Wildman–Crippen LogP) is 1.76. The lowest BCUT2D eigenvalue weighted by Gasteiger charge is -2.26. The monoisotopic (exact) mass is 331 g/mol. The van der Waals surface area contributed by atoms with E-state index in [-0.39, 0.29) is 17.0 Å². The standard InChI is InChI=1S/C16H17N3O5/c1-2-24-15-4-3-12(10-14(15)19(21)22)9-13(11-17)16(20)18-5-7-23-8-6-18/h3-4,9-10H,2,5-8H2,1H3. The molecule has 1 amide bonds. The van der Waals surface area contributed by atoms with Crippen LogP contribution in [-0.4, -0.2) is 48.6 Å². The maximum Gasteiger partial charge on any atom is 0.311 e. The normalized spacial score (nSPS) is 14.8. The molecule has 0 aromatic heterocycles. The summed E-state index contributed by atoms with van der Waals surface area (Å²) >= 11 is 0. The van der Waals surface area contributed by atoms with Gasteiger partial charge in [0.1, 0.15) is 11.6 Å². The molecule has 1 heterocycles. The Morgan fingerprint density at radius 1 is 1.50 bits per heavy atom. The summed E-state index contributed by atoms with van der Waals surface area (Å²) in [5, 5.41) is 20.4. The fraction of sp³-hybridized carbons (Fsp3) is 0.375. The van der Waals surface area contributed by atoms with Gasteiger partial charge in [0.25, 0.3) is 5.91 Å². The molecule has 0 N–H and O–H groups in total. The topological polar surface area (TPSA) is 106 Å². The number of morpholine rings is 1. The quantitative estimate of drug-likeness (QED) is 0.352. The summed E-state index contributed by atoms with van der Waals surface area (Å²) < 4.78 is 10.4. The first-order chi connectivity index (χ1) is 11.6. The lowest BCUT2D eigenvalue weighted by Crippen LogP contribution is -2.41. The SMILES string of the molecule is CCOc1ccc(C=C(C#N)C(=O)N2CCOCC2)cc1[N+](=O)[O-]. The van der Waals surface area contributed by atoms with Gasteiger partial charge in [0.05, 0.1) is 24.7 Å². The van der Waals surface area contributed by atoms with E-state index in [2.05, 4.69) is 0 Å². The maximum absolute atomic E-state index is 12.3. The first kappa shape index (κ1) is 17.4. The molecule has 8 nitrogen and oxygen atoms in total. The Morgan fingerprint density at radius 3 is 2.79 bits per heavy atom. The van der Waals surface area contributed by atoms with Crippen molar-refractivity contribution in [3.8, 4) is 11.8 Å². The van der Waals surface area contributed by atoms with Crippen LogP contribution in [0.1, 0.15) is 12.5 Å². The molecule has 0 saturated carbocycles. The minimum Gasteiger partial charge on any atom is -0.487 e. The van der Waals surface area contributed by atoms with Crippen molar-refractivity contribution in [1.29, 1.82) is 5.26 Å². The van der Waals surface area contributed by atoms with E-state index in [0.717, 1.165) is 0 Å². The van der Waals surface area contributed by atoms with E-state index >= 15 is 0 Å². The van der Waals surface area contributed by atoms with Crippen LogP contribution in [0.2, 0.25) is 0 Å². The van der Waals surface area contributed by atoms with Gasteiger partial charge in [-0.2, -0.15) is 5.26 Å². The number of carbonyl (C=O) groups excluding carboxylic acids is 1. The highest BCUT2D eigenvalue weighted by molar-refractivity contribution is 6.01. The Hall–Kier alpha value is -2.92. The summed E-state index contributed by atoms with van der Waals surface area (Å²) in [6.07, 6.45) is 1.35. The first-order valence-electron chi connectivity index (χ1n) is 7.47. The molecule has 126 valence electrons. The average Bonchev–Trinajstić information content (AvgIpc) is 2.61. The Bertz CT molecular complexity index is 702. The third-order valence-corrected chi connectivity index (χ3v) is 3.44. The molecule has 0 atom stereocenters. The van der Waals surface area contributed by atoms with Crippen molar-refractivity contribution in [3.63, 3.8) is 0 Å². The van der Waals surface area contributed by atoms with Crippen molar-refractivity contribution in [2.75, 3.05) is 32.9 Å². The molecule has 0 unspecified atom stereocenters. The highest BCUT2D eigenvalue weighted by Gasteiger charge is 2.21. The zero-order valence-corrected chi connectivity index (χ0v) is 13.2. The number of amides is 1. The van der Waals surface area contributed by atoms with Gasteiger partial charge in [0, 0.05) is 19.2 Å². The second-order valence-electron chi connectivity index (χ2n) is 4.99. The number of rotatable bonds is 5. The number of nitro benzene ring substituents is 1. The van der Waals surface area contributed by atoms with Crippen LogP contribution in [0.4, 0.5) is 5.69 Å². The number of benzene rings is 1. The van der Waals surface area contributed by atoms with Crippen LogP contribution in [-0.2, 0) is 9.53 Å². The van der Waals surface area contributed by atoms with Crippen LogP contribution >= 0.6 is 0 Å². The number of nitriles is 1. The summed E-state index contributed by atoms with van der Waals surface area (Å²) in [5.74, 6) is -0.255. The Labute approximate surface area is 139 Å². The second kappa shape index (κ2) is 8.08. The lowest BCUT2D eigenvalue weighted by atomic mass is 10.1. The number of nitrogens with zero attached hydrogens (tertiary/aromatic N) is 3. The van der Waals surface area contributed by atoms with Crippen LogP contribution in [0.5, 0.6) is 5.75 Å². The second-order valence-corrected chi connectivity index (χ2v) is 4.99. The lowest BCUT2D eigenvalue weighted by molar-refractivity contribution is -0.385. The largest absolute Gasteiger partial charge is 0.487 e. The van der Waals surface area contributed by atoms with Gasteiger partial charge in [0.15, 0.2) is 5.75 Å². The van der Waals surface area contributed by atoms with Gasteiger partial charge in [-0.25, -0.2) is 0 Å². The van der Waals surface area contributed by atoms with Gasteiger partial charge >= 0.3 is 5.69 Å². The number of hydrogen-bond donors (Lipinski definition) is 0. The van der Waals surface area contributed by atoms with Gasteiger partial charge in [-0.3, -0.25) is 14.9 Å². The summed E-state index contributed by atoms with van der Waals surface area (Å²) in [6.45, 7) is 3.72. The molecule has 1 aromatic carbocycles.